The molecule has 2 aromatic carbocycles. The van der Waals surface area contributed by atoms with Crippen molar-refractivity contribution in [2.75, 3.05) is 20.1 Å². The van der Waals surface area contributed by atoms with Crippen LogP contribution in [0.3, 0.4) is 0 Å². The van der Waals surface area contributed by atoms with Gasteiger partial charge >= 0.3 is 6.61 Å². The van der Waals surface area contributed by atoms with Crippen LogP contribution in [0, 0.1) is 0 Å². The van der Waals surface area contributed by atoms with Crippen LogP contribution in [0.15, 0.2) is 59.6 Å². The minimum Gasteiger partial charge on any atom is -0.434 e. The second-order valence-electron chi connectivity index (χ2n) is 6.16. The van der Waals surface area contributed by atoms with E-state index in [2.05, 4.69) is 20.4 Å². The molecule has 2 N–H and O–H groups in total. The molecule has 6 nitrogen and oxygen atoms in total. The lowest BCUT2D eigenvalue weighted by molar-refractivity contribution is -0.130. The molecule has 1 amide bonds. The van der Waals surface area contributed by atoms with Crippen molar-refractivity contribution in [2.45, 2.75) is 26.6 Å². The molecule has 0 saturated carbocycles. The number of amides is 1. The summed E-state index contributed by atoms with van der Waals surface area (Å²) in [7, 11) is 1.57. The first-order chi connectivity index (χ1) is 14.0. The molecule has 2 aromatic rings. The van der Waals surface area contributed by atoms with Crippen molar-refractivity contribution in [2.24, 2.45) is 4.99 Å². The van der Waals surface area contributed by atoms with Crippen molar-refractivity contribution in [3.63, 3.8) is 0 Å². The summed E-state index contributed by atoms with van der Waals surface area (Å²) in [5.74, 6) is 0.420. The maximum atomic E-state index is 12.5. The van der Waals surface area contributed by atoms with E-state index >= 15 is 0 Å². The Labute approximate surface area is 192 Å². The fourth-order valence-electron chi connectivity index (χ4n) is 2.71. The van der Waals surface area contributed by atoms with Crippen molar-refractivity contribution in [1.29, 1.82) is 0 Å². The molecule has 9 heteroatoms. The quantitative estimate of drug-likeness (QED) is 0.294. The zero-order valence-electron chi connectivity index (χ0n) is 17.0. The smallest absolute Gasteiger partial charge is 0.387 e. The summed E-state index contributed by atoms with van der Waals surface area (Å²) in [5, 5.41) is 5.96. The molecular weight excluding hydrogens is 505 g/mol. The number of carbonyl (C=O) groups excluding carboxylic acids is 1. The van der Waals surface area contributed by atoms with Gasteiger partial charge in [-0.3, -0.25) is 9.79 Å². The Morgan fingerprint density at radius 3 is 2.40 bits per heavy atom. The Bertz CT molecular complexity index is 807. The molecule has 0 aliphatic rings. The van der Waals surface area contributed by atoms with E-state index in [1.54, 1.807) is 30.1 Å². The molecule has 0 atom stereocenters. The number of nitrogens with one attached hydrogen (secondary N) is 2. The van der Waals surface area contributed by atoms with Crippen LogP contribution in [0.1, 0.15) is 18.1 Å². The van der Waals surface area contributed by atoms with E-state index in [0.717, 1.165) is 5.56 Å². The standard InChI is InChI=1S/C21H26F2N4O2.HI/c1-3-27(15-16-9-5-4-6-10-16)19(28)14-26-21(24-2)25-13-17-11-7-8-12-18(17)29-20(22)23;/h4-12,20H,3,13-15H2,1-2H3,(H2,24,25,26);1H. The molecule has 164 valence electrons. The number of para-hydroxylation sites is 1. The Morgan fingerprint density at radius 2 is 1.77 bits per heavy atom. The Hall–Kier alpha value is -2.43. The highest BCUT2D eigenvalue weighted by Crippen LogP contribution is 2.19. The Morgan fingerprint density at radius 1 is 1.10 bits per heavy atom. The average Bonchev–Trinajstić information content (AvgIpc) is 2.73. The highest BCUT2D eigenvalue weighted by molar-refractivity contribution is 14.0. The average molecular weight is 532 g/mol. The number of rotatable bonds is 9. The van der Waals surface area contributed by atoms with Gasteiger partial charge in [-0.15, -0.1) is 24.0 Å². The number of aliphatic imine (C=N–C) groups is 1. The number of likely N-dealkylation sites (N-methyl/N-ethyl adjacent to an activating group) is 1. The van der Waals surface area contributed by atoms with Crippen LogP contribution < -0.4 is 15.4 Å². The van der Waals surface area contributed by atoms with Gasteiger partial charge in [0.05, 0.1) is 6.54 Å². The van der Waals surface area contributed by atoms with Crippen LogP contribution in [0.4, 0.5) is 8.78 Å². The van der Waals surface area contributed by atoms with Crippen LogP contribution >= 0.6 is 24.0 Å². The zero-order valence-corrected chi connectivity index (χ0v) is 19.3. The van der Waals surface area contributed by atoms with Crippen molar-refractivity contribution >= 4 is 35.8 Å². The third kappa shape index (κ3) is 8.52. The van der Waals surface area contributed by atoms with Gasteiger partial charge in [0.1, 0.15) is 5.75 Å². The Balaban J connectivity index is 0.00000450. The lowest BCUT2D eigenvalue weighted by Crippen LogP contribution is -2.44. The summed E-state index contributed by atoms with van der Waals surface area (Å²) in [5.41, 5.74) is 1.61. The largest absolute Gasteiger partial charge is 0.434 e. The van der Waals surface area contributed by atoms with Gasteiger partial charge < -0.3 is 20.3 Å². The molecule has 0 heterocycles. The highest BCUT2D eigenvalue weighted by Gasteiger charge is 2.13. The molecular formula is C21H27F2IN4O2. The zero-order chi connectivity index (χ0) is 21.1. The first-order valence-corrected chi connectivity index (χ1v) is 9.32. The molecule has 0 aliphatic carbocycles. The van der Waals surface area contributed by atoms with Crippen molar-refractivity contribution in [3.05, 3.63) is 65.7 Å². The van der Waals surface area contributed by atoms with E-state index in [-0.39, 0.29) is 48.7 Å². The van der Waals surface area contributed by atoms with Crippen LogP contribution in [0.5, 0.6) is 5.75 Å². The number of carbonyl (C=O) groups is 1. The van der Waals surface area contributed by atoms with Gasteiger partial charge in [-0.2, -0.15) is 8.78 Å². The number of nitrogens with zero attached hydrogens (tertiary/aromatic N) is 2. The third-order valence-electron chi connectivity index (χ3n) is 4.22. The number of hydrogen-bond acceptors (Lipinski definition) is 3. The number of hydrogen-bond donors (Lipinski definition) is 2. The van der Waals surface area contributed by atoms with Crippen molar-refractivity contribution in [3.8, 4) is 5.75 Å². The minimum absolute atomic E-state index is 0. The number of benzene rings is 2. The van der Waals surface area contributed by atoms with Crippen LogP contribution in [-0.2, 0) is 17.9 Å². The number of guanidine groups is 1. The van der Waals surface area contributed by atoms with Gasteiger partial charge in [0, 0.05) is 32.2 Å². The summed E-state index contributed by atoms with van der Waals surface area (Å²) in [6, 6.07) is 16.3. The molecule has 0 radical (unpaired) electrons. The molecule has 30 heavy (non-hydrogen) atoms. The highest BCUT2D eigenvalue weighted by atomic mass is 127. The second-order valence-corrected chi connectivity index (χ2v) is 6.16. The predicted octanol–water partition coefficient (Wildman–Crippen LogP) is 3.62. The summed E-state index contributed by atoms with van der Waals surface area (Å²) in [4.78, 5) is 18.3. The number of ether oxygens (including phenoxy) is 1. The van der Waals surface area contributed by atoms with Gasteiger partial charge in [0.2, 0.25) is 5.91 Å². The molecule has 0 unspecified atom stereocenters. The first kappa shape index (κ1) is 25.6. The topological polar surface area (TPSA) is 66.0 Å². The van der Waals surface area contributed by atoms with Gasteiger partial charge in [0.25, 0.3) is 0 Å². The maximum absolute atomic E-state index is 12.5. The summed E-state index contributed by atoms with van der Waals surface area (Å²) < 4.78 is 29.6. The number of alkyl halides is 2. The van der Waals surface area contributed by atoms with Gasteiger partial charge in [-0.05, 0) is 18.6 Å². The van der Waals surface area contributed by atoms with E-state index in [0.29, 0.717) is 24.6 Å². The minimum atomic E-state index is -2.89. The van der Waals surface area contributed by atoms with Gasteiger partial charge in [-0.1, -0.05) is 48.5 Å². The molecule has 0 aliphatic heterocycles. The SMILES string of the molecule is CCN(Cc1ccccc1)C(=O)CNC(=NC)NCc1ccccc1OC(F)F.I. The molecule has 0 spiro atoms. The molecule has 0 fully saturated rings. The van der Waals surface area contributed by atoms with Crippen LogP contribution in [0.2, 0.25) is 0 Å². The second kappa shape index (κ2) is 13.7. The first-order valence-electron chi connectivity index (χ1n) is 9.32. The van der Waals surface area contributed by atoms with Crippen LogP contribution in [-0.4, -0.2) is 43.5 Å². The van der Waals surface area contributed by atoms with Crippen molar-refractivity contribution in [1.82, 2.24) is 15.5 Å². The monoisotopic (exact) mass is 532 g/mol. The molecule has 0 bridgehead atoms. The van der Waals surface area contributed by atoms with E-state index in [9.17, 15) is 13.6 Å². The lowest BCUT2D eigenvalue weighted by atomic mass is 10.2. The Kier molecular flexibility index (Phi) is 11.7. The number of halogens is 3. The van der Waals surface area contributed by atoms with E-state index in [1.165, 1.54) is 6.07 Å². The predicted molar refractivity (Wildman–Crippen MR) is 124 cm³/mol. The van der Waals surface area contributed by atoms with Gasteiger partial charge in [-0.25, -0.2) is 0 Å². The fourth-order valence-corrected chi connectivity index (χ4v) is 2.71. The third-order valence-corrected chi connectivity index (χ3v) is 4.22. The fraction of sp³-hybridized carbons (Fsp3) is 0.333. The molecule has 0 saturated heterocycles. The van der Waals surface area contributed by atoms with Crippen molar-refractivity contribution < 1.29 is 18.3 Å². The van der Waals surface area contributed by atoms with E-state index in [1.807, 2.05) is 37.3 Å². The van der Waals surface area contributed by atoms with Gasteiger partial charge in [0.15, 0.2) is 5.96 Å². The lowest BCUT2D eigenvalue weighted by Gasteiger charge is -2.22. The van der Waals surface area contributed by atoms with E-state index in [4.69, 9.17) is 0 Å². The summed E-state index contributed by atoms with van der Waals surface area (Å²) in [6.07, 6.45) is 0. The maximum Gasteiger partial charge on any atom is 0.387 e. The molecule has 2 rings (SSSR count). The molecule has 0 aromatic heterocycles. The normalized spacial score (nSPS) is 10.9. The summed E-state index contributed by atoms with van der Waals surface area (Å²) >= 11 is 0. The van der Waals surface area contributed by atoms with Crippen LogP contribution in [0.25, 0.3) is 0 Å². The summed E-state index contributed by atoms with van der Waals surface area (Å²) in [6.45, 7) is 0.430. The van der Waals surface area contributed by atoms with E-state index < -0.39 is 6.61 Å².